The van der Waals surface area contributed by atoms with Crippen LogP contribution in [0, 0.1) is 0 Å². The molecule has 0 amide bonds. The van der Waals surface area contributed by atoms with E-state index in [0.29, 0.717) is 6.54 Å². The maximum atomic E-state index is 5.43. The summed E-state index contributed by atoms with van der Waals surface area (Å²) in [6.07, 6.45) is 3.32. The number of anilines is 1. The minimum Gasteiger partial charge on any atom is -0.467 e. The molecule has 0 aliphatic rings. The Kier molecular flexibility index (Phi) is 3.55. The molecule has 4 rings (SSSR count). The molecule has 0 N–H and O–H groups in total. The van der Waals surface area contributed by atoms with Crippen LogP contribution in [-0.4, -0.2) is 17.0 Å². The van der Waals surface area contributed by atoms with Gasteiger partial charge in [0.1, 0.15) is 22.7 Å². The van der Waals surface area contributed by atoms with Crippen molar-refractivity contribution in [1.29, 1.82) is 0 Å². The molecule has 114 valence electrons. The lowest BCUT2D eigenvalue weighted by atomic mass is 10.2. The number of hydrogen-bond donors (Lipinski definition) is 0. The van der Waals surface area contributed by atoms with Crippen molar-refractivity contribution in [3.8, 4) is 10.4 Å². The maximum absolute atomic E-state index is 5.43. The fourth-order valence-corrected chi connectivity index (χ4v) is 3.60. The summed E-state index contributed by atoms with van der Waals surface area (Å²) in [6.45, 7) is 0.676. The Bertz CT molecular complexity index is 916. The van der Waals surface area contributed by atoms with E-state index in [1.807, 2.05) is 25.2 Å². The van der Waals surface area contributed by atoms with Gasteiger partial charge in [-0.15, -0.1) is 11.3 Å². The van der Waals surface area contributed by atoms with E-state index in [4.69, 9.17) is 4.42 Å². The molecule has 0 aliphatic heterocycles. The van der Waals surface area contributed by atoms with Crippen LogP contribution >= 0.6 is 11.3 Å². The molecule has 0 atom stereocenters. The number of thiophene rings is 1. The third kappa shape index (κ3) is 2.71. The Morgan fingerprint density at radius 3 is 2.74 bits per heavy atom. The topological polar surface area (TPSA) is 42.2 Å². The second-order valence-electron chi connectivity index (χ2n) is 5.33. The zero-order valence-electron chi connectivity index (χ0n) is 12.6. The first-order chi connectivity index (χ1) is 11.3. The summed E-state index contributed by atoms with van der Waals surface area (Å²) in [5, 5.41) is 1.07. The SMILES string of the molecule is CN(Cc1ccco1)c1ncnc2sc(-c3ccccc3)cc12. The second-order valence-corrected chi connectivity index (χ2v) is 6.36. The highest BCUT2D eigenvalue weighted by Gasteiger charge is 2.14. The van der Waals surface area contributed by atoms with Crippen LogP contribution in [0.1, 0.15) is 5.76 Å². The third-order valence-corrected chi connectivity index (χ3v) is 4.79. The van der Waals surface area contributed by atoms with Gasteiger partial charge >= 0.3 is 0 Å². The molecule has 0 saturated heterocycles. The molecule has 0 aliphatic carbocycles. The van der Waals surface area contributed by atoms with E-state index in [1.165, 1.54) is 10.4 Å². The first kappa shape index (κ1) is 14.0. The van der Waals surface area contributed by atoms with Gasteiger partial charge in [-0.1, -0.05) is 30.3 Å². The molecule has 0 unspecified atom stereocenters. The van der Waals surface area contributed by atoms with Gasteiger partial charge in [0, 0.05) is 11.9 Å². The van der Waals surface area contributed by atoms with Crippen molar-refractivity contribution >= 4 is 27.4 Å². The van der Waals surface area contributed by atoms with E-state index < -0.39 is 0 Å². The quantitative estimate of drug-likeness (QED) is 0.551. The maximum Gasteiger partial charge on any atom is 0.140 e. The van der Waals surface area contributed by atoms with E-state index in [0.717, 1.165) is 21.8 Å². The lowest BCUT2D eigenvalue weighted by Crippen LogP contribution is -2.17. The van der Waals surface area contributed by atoms with Crippen LogP contribution in [0.4, 0.5) is 5.82 Å². The number of hydrogen-bond acceptors (Lipinski definition) is 5. The Morgan fingerprint density at radius 2 is 1.96 bits per heavy atom. The van der Waals surface area contributed by atoms with Crippen LogP contribution in [0.25, 0.3) is 20.7 Å². The van der Waals surface area contributed by atoms with E-state index in [1.54, 1.807) is 23.9 Å². The third-order valence-electron chi connectivity index (χ3n) is 3.70. The summed E-state index contributed by atoms with van der Waals surface area (Å²) in [4.78, 5) is 13.2. The van der Waals surface area contributed by atoms with Gasteiger partial charge in [0.05, 0.1) is 18.2 Å². The van der Waals surface area contributed by atoms with Crippen LogP contribution in [0.3, 0.4) is 0 Å². The van der Waals surface area contributed by atoms with Gasteiger partial charge < -0.3 is 9.32 Å². The van der Waals surface area contributed by atoms with Crippen molar-refractivity contribution < 1.29 is 4.42 Å². The summed E-state index contributed by atoms with van der Waals surface area (Å²) < 4.78 is 5.43. The highest BCUT2D eigenvalue weighted by atomic mass is 32.1. The summed E-state index contributed by atoms with van der Waals surface area (Å²) in [7, 11) is 2.02. The van der Waals surface area contributed by atoms with E-state index >= 15 is 0 Å². The Morgan fingerprint density at radius 1 is 1.09 bits per heavy atom. The second kappa shape index (κ2) is 5.85. The molecule has 23 heavy (non-hydrogen) atoms. The van der Waals surface area contributed by atoms with Gasteiger partial charge in [-0.2, -0.15) is 0 Å². The number of fused-ring (bicyclic) bond motifs is 1. The van der Waals surface area contributed by atoms with Crippen LogP contribution in [0.5, 0.6) is 0 Å². The number of furan rings is 1. The van der Waals surface area contributed by atoms with Crippen LogP contribution in [0.2, 0.25) is 0 Å². The number of rotatable bonds is 4. The predicted octanol–water partition coefficient (Wildman–Crippen LogP) is 4.59. The van der Waals surface area contributed by atoms with E-state index in [2.05, 4.69) is 45.2 Å². The Hall–Kier alpha value is -2.66. The van der Waals surface area contributed by atoms with Gasteiger partial charge in [-0.25, -0.2) is 9.97 Å². The molecule has 1 aromatic carbocycles. The average Bonchev–Trinajstić information content (AvgIpc) is 3.24. The molecule has 4 nitrogen and oxygen atoms in total. The summed E-state index contributed by atoms with van der Waals surface area (Å²) in [5.74, 6) is 1.84. The van der Waals surface area contributed by atoms with Crippen LogP contribution in [0.15, 0.2) is 65.5 Å². The van der Waals surface area contributed by atoms with Crippen molar-refractivity contribution in [3.63, 3.8) is 0 Å². The van der Waals surface area contributed by atoms with E-state index in [9.17, 15) is 0 Å². The standard InChI is InChI=1S/C18H15N3OS/c1-21(11-14-8-5-9-22-14)17-15-10-16(13-6-3-2-4-7-13)23-18(15)20-12-19-17/h2-10,12H,11H2,1H3. The predicted molar refractivity (Wildman–Crippen MR) is 93.7 cm³/mol. The van der Waals surface area contributed by atoms with Crippen molar-refractivity contribution in [2.75, 3.05) is 11.9 Å². The Balaban J connectivity index is 1.74. The molecule has 0 fully saturated rings. The van der Waals surface area contributed by atoms with Crippen LogP contribution in [-0.2, 0) is 6.54 Å². The van der Waals surface area contributed by atoms with Crippen LogP contribution < -0.4 is 4.90 Å². The first-order valence-electron chi connectivity index (χ1n) is 7.35. The fraction of sp³-hybridized carbons (Fsp3) is 0.111. The summed E-state index contributed by atoms with van der Waals surface area (Å²) in [5.41, 5.74) is 1.20. The average molecular weight is 321 g/mol. The van der Waals surface area contributed by atoms with Crippen molar-refractivity contribution in [2.45, 2.75) is 6.54 Å². The van der Waals surface area contributed by atoms with Gasteiger partial charge in [-0.3, -0.25) is 0 Å². The summed E-state index contributed by atoms with van der Waals surface area (Å²) in [6, 6.07) is 16.4. The summed E-state index contributed by atoms with van der Waals surface area (Å²) >= 11 is 1.69. The first-order valence-corrected chi connectivity index (χ1v) is 8.16. The highest BCUT2D eigenvalue weighted by molar-refractivity contribution is 7.21. The smallest absolute Gasteiger partial charge is 0.140 e. The normalized spacial score (nSPS) is 11.0. The molecule has 0 bridgehead atoms. The Labute approximate surface area is 138 Å². The molecular weight excluding hydrogens is 306 g/mol. The molecule has 5 heteroatoms. The van der Waals surface area contributed by atoms with Crippen molar-refractivity contribution in [3.05, 3.63) is 66.9 Å². The zero-order valence-corrected chi connectivity index (χ0v) is 13.5. The monoisotopic (exact) mass is 321 g/mol. The van der Waals surface area contributed by atoms with Gasteiger partial charge in [0.25, 0.3) is 0 Å². The van der Waals surface area contributed by atoms with Gasteiger partial charge in [-0.05, 0) is 23.8 Å². The van der Waals surface area contributed by atoms with Gasteiger partial charge in [0.15, 0.2) is 0 Å². The molecule has 3 heterocycles. The minimum atomic E-state index is 0.676. The zero-order chi connectivity index (χ0) is 15.6. The number of nitrogens with zero attached hydrogens (tertiary/aromatic N) is 3. The lowest BCUT2D eigenvalue weighted by Gasteiger charge is -2.17. The molecule has 0 spiro atoms. The molecule has 0 radical (unpaired) electrons. The van der Waals surface area contributed by atoms with Gasteiger partial charge in [0.2, 0.25) is 0 Å². The molecular formula is C18H15N3OS. The van der Waals surface area contributed by atoms with Crippen molar-refractivity contribution in [1.82, 2.24) is 9.97 Å². The largest absolute Gasteiger partial charge is 0.467 e. The highest BCUT2D eigenvalue weighted by Crippen LogP contribution is 2.35. The molecule has 3 aromatic heterocycles. The molecule has 0 saturated carbocycles. The number of aromatic nitrogens is 2. The fourth-order valence-electron chi connectivity index (χ4n) is 2.60. The van der Waals surface area contributed by atoms with E-state index in [-0.39, 0.29) is 0 Å². The molecule has 4 aromatic rings. The number of benzene rings is 1. The lowest BCUT2D eigenvalue weighted by molar-refractivity contribution is 0.507. The van der Waals surface area contributed by atoms with Crippen molar-refractivity contribution in [2.24, 2.45) is 0 Å². The minimum absolute atomic E-state index is 0.676.